The van der Waals surface area contributed by atoms with Gasteiger partial charge in [0.1, 0.15) is 18.1 Å². The lowest BCUT2D eigenvalue weighted by molar-refractivity contribution is -0.128. The summed E-state index contributed by atoms with van der Waals surface area (Å²) in [6.45, 7) is 3.46. The highest BCUT2D eigenvalue weighted by Gasteiger charge is 2.35. The maximum atomic E-state index is 13.3. The molecule has 0 radical (unpaired) electrons. The molecule has 1 fully saturated rings. The maximum absolute atomic E-state index is 13.3. The number of rotatable bonds is 2. The second-order valence-corrected chi connectivity index (χ2v) is 6.54. The molecule has 2 aliphatic rings. The first-order chi connectivity index (χ1) is 12.1. The van der Waals surface area contributed by atoms with Gasteiger partial charge in [-0.1, -0.05) is 12.1 Å². The van der Waals surface area contributed by atoms with Gasteiger partial charge in [-0.2, -0.15) is 10.1 Å². The number of benzene rings is 1. The van der Waals surface area contributed by atoms with Crippen LogP contribution in [0.4, 0.5) is 5.95 Å². The fourth-order valence-electron chi connectivity index (χ4n) is 3.64. The molecule has 7 nitrogen and oxygen atoms in total. The van der Waals surface area contributed by atoms with Crippen LogP contribution in [0, 0.1) is 0 Å². The molecule has 0 unspecified atom stereocenters. The lowest BCUT2D eigenvalue weighted by Gasteiger charge is -2.34. The first kappa shape index (κ1) is 15.7. The van der Waals surface area contributed by atoms with Gasteiger partial charge in [-0.3, -0.25) is 4.79 Å². The first-order valence-corrected chi connectivity index (χ1v) is 8.60. The van der Waals surface area contributed by atoms with E-state index in [0.29, 0.717) is 11.5 Å². The Hall–Kier alpha value is -2.83. The van der Waals surface area contributed by atoms with Crippen LogP contribution >= 0.6 is 0 Å². The predicted octanol–water partition coefficient (Wildman–Crippen LogP) is 2.29. The Morgan fingerprint density at radius 1 is 1.28 bits per heavy atom. The van der Waals surface area contributed by atoms with E-state index in [-0.39, 0.29) is 11.7 Å². The average molecular weight is 339 g/mol. The lowest BCUT2D eigenvalue weighted by atomic mass is 9.94. The molecule has 4 rings (SSSR count). The fraction of sp³-hybridized carbons (Fsp3) is 0.389. The van der Waals surface area contributed by atoms with Crippen LogP contribution < -0.4 is 5.32 Å². The standard InChI is InChI=1S/C18H21N5O2/c1-12-15(17(25)22-8-3-2-4-9-22)16(13-6-5-7-14(24)10-13)23-18(21-12)19-11-20-23/h5-7,10-11,16,24H,2-4,8-9H2,1H3,(H,19,20,21)/t16-/m1/s1. The molecule has 2 N–H and O–H groups in total. The summed E-state index contributed by atoms with van der Waals surface area (Å²) in [5, 5.41) is 17.4. The summed E-state index contributed by atoms with van der Waals surface area (Å²) in [7, 11) is 0. The van der Waals surface area contributed by atoms with E-state index >= 15 is 0 Å². The second kappa shape index (κ2) is 6.23. The Bertz CT molecular complexity index is 835. The van der Waals surface area contributed by atoms with E-state index in [1.807, 2.05) is 17.9 Å². The summed E-state index contributed by atoms with van der Waals surface area (Å²) >= 11 is 0. The number of phenols is 1. The minimum Gasteiger partial charge on any atom is -0.508 e. The molecule has 1 aromatic heterocycles. The van der Waals surface area contributed by atoms with Gasteiger partial charge in [0.2, 0.25) is 5.95 Å². The van der Waals surface area contributed by atoms with Gasteiger partial charge in [0.15, 0.2) is 0 Å². The monoisotopic (exact) mass is 339 g/mol. The largest absolute Gasteiger partial charge is 0.508 e. The molecule has 3 heterocycles. The van der Waals surface area contributed by atoms with Gasteiger partial charge in [-0.15, -0.1) is 0 Å². The van der Waals surface area contributed by atoms with Gasteiger partial charge in [-0.05, 0) is 43.9 Å². The average Bonchev–Trinajstić information content (AvgIpc) is 3.08. The van der Waals surface area contributed by atoms with Gasteiger partial charge >= 0.3 is 0 Å². The van der Waals surface area contributed by atoms with Crippen molar-refractivity contribution in [3.8, 4) is 5.75 Å². The zero-order chi connectivity index (χ0) is 17.4. The third kappa shape index (κ3) is 2.75. The van der Waals surface area contributed by atoms with Crippen molar-refractivity contribution in [1.29, 1.82) is 0 Å². The highest BCUT2D eigenvalue weighted by atomic mass is 16.3. The van der Waals surface area contributed by atoms with Crippen LogP contribution in [-0.4, -0.2) is 43.8 Å². The van der Waals surface area contributed by atoms with Gasteiger partial charge in [0, 0.05) is 18.8 Å². The van der Waals surface area contributed by atoms with E-state index in [9.17, 15) is 9.90 Å². The number of fused-ring (bicyclic) bond motifs is 1. The SMILES string of the molecule is CC1=C(C(=O)N2CCCCC2)[C@@H](c2cccc(O)c2)n2ncnc2N1. The van der Waals surface area contributed by atoms with E-state index in [0.717, 1.165) is 37.2 Å². The molecule has 1 saturated heterocycles. The summed E-state index contributed by atoms with van der Waals surface area (Å²) in [4.78, 5) is 19.4. The van der Waals surface area contributed by atoms with Crippen molar-refractivity contribution in [2.24, 2.45) is 0 Å². The second-order valence-electron chi connectivity index (χ2n) is 6.54. The number of amides is 1. The van der Waals surface area contributed by atoms with E-state index in [4.69, 9.17) is 0 Å². The molecule has 1 amide bonds. The van der Waals surface area contributed by atoms with E-state index in [1.54, 1.807) is 22.9 Å². The predicted molar refractivity (Wildman–Crippen MR) is 93.0 cm³/mol. The number of aromatic hydroxyl groups is 1. The van der Waals surface area contributed by atoms with Crippen LogP contribution in [0.15, 0.2) is 41.9 Å². The molecule has 130 valence electrons. The minimum absolute atomic E-state index is 0.0270. The van der Waals surface area contributed by atoms with E-state index in [2.05, 4.69) is 15.4 Å². The van der Waals surface area contributed by atoms with Crippen molar-refractivity contribution in [3.63, 3.8) is 0 Å². The topological polar surface area (TPSA) is 83.3 Å². The van der Waals surface area contributed by atoms with Crippen LogP contribution in [0.1, 0.15) is 37.8 Å². The molecule has 25 heavy (non-hydrogen) atoms. The highest BCUT2D eigenvalue weighted by molar-refractivity contribution is 5.96. The molecule has 1 aromatic carbocycles. The van der Waals surface area contributed by atoms with Gasteiger partial charge in [-0.25, -0.2) is 4.68 Å². The number of hydrogen-bond donors (Lipinski definition) is 2. The van der Waals surface area contributed by atoms with E-state index in [1.165, 1.54) is 12.7 Å². The quantitative estimate of drug-likeness (QED) is 0.877. The fourth-order valence-corrected chi connectivity index (χ4v) is 3.64. The number of anilines is 1. The number of likely N-dealkylation sites (tertiary alicyclic amines) is 1. The third-order valence-corrected chi connectivity index (χ3v) is 4.85. The van der Waals surface area contributed by atoms with E-state index < -0.39 is 6.04 Å². The van der Waals surface area contributed by atoms with Crippen molar-refractivity contribution in [3.05, 3.63) is 47.4 Å². The normalized spacial score (nSPS) is 20.2. The van der Waals surface area contributed by atoms with Crippen LogP contribution in [0.5, 0.6) is 5.75 Å². The summed E-state index contributed by atoms with van der Waals surface area (Å²) in [5.41, 5.74) is 2.25. The lowest BCUT2D eigenvalue weighted by Crippen LogP contribution is -2.40. The maximum Gasteiger partial charge on any atom is 0.254 e. The van der Waals surface area contributed by atoms with Crippen molar-refractivity contribution >= 4 is 11.9 Å². The Morgan fingerprint density at radius 3 is 2.84 bits per heavy atom. The van der Waals surface area contributed by atoms with Crippen molar-refractivity contribution in [1.82, 2.24) is 19.7 Å². The molecule has 7 heteroatoms. The van der Waals surface area contributed by atoms with Crippen molar-refractivity contribution in [2.75, 3.05) is 18.4 Å². The molecule has 1 atom stereocenters. The van der Waals surface area contributed by atoms with Crippen LogP contribution in [0.3, 0.4) is 0 Å². The molecule has 2 aliphatic heterocycles. The van der Waals surface area contributed by atoms with Crippen LogP contribution in [-0.2, 0) is 4.79 Å². The molecule has 0 bridgehead atoms. The number of phenolic OH excluding ortho intramolecular Hbond substituents is 1. The van der Waals surface area contributed by atoms with Crippen molar-refractivity contribution in [2.45, 2.75) is 32.2 Å². The number of nitrogens with zero attached hydrogens (tertiary/aromatic N) is 4. The zero-order valence-corrected chi connectivity index (χ0v) is 14.1. The number of carbonyl (C=O) groups excluding carboxylic acids is 1. The summed E-state index contributed by atoms with van der Waals surface area (Å²) in [6, 6.07) is 6.58. The highest BCUT2D eigenvalue weighted by Crippen LogP contribution is 2.36. The zero-order valence-electron chi connectivity index (χ0n) is 14.1. The third-order valence-electron chi connectivity index (χ3n) is 4.85. The number of allylic oxidation sites excluding steroid dienone is 1. The van der Waals surface area contributed by atoms with Gasteiger partial charge in [0.05, 0.1) is 5.57 Å². The Morgan fingerprint density at radius 2 is 2.08 bits per heavy atom. The molecular formula is C18H21N5O2. The molecule has 0 spiro atoms. The molecule has 0 aliphatic carbocycles. The number of nitrogens with one attached hydrogen (secondary N) is 1. The number of carbonyl (C=O) groups is 1. The molecule has 0 saturated carbocycles. The summed E-state index contributed by atoms with van der Waals surface area (Å²) in [5.74, 6) is 0.792. The Labute approximate surface area is 146 Å². The number of aromatic nitrogens is 3. The first-order valence-electron chi connectivity index (χ1n) is 8.60. The summed E-state index contributed by atoms with van der Waals surface area (Å²) in [6.07, 6.45) is 4.72. The Balaban J connectivity index is 1.80. The van der Waals surface area contributed by atoms with Gasteiger partial charge < -0.3 is 15.3 Å². The molecular weight excluding hydrogens is 318 g/mol. The van der Waals surface area contributed by atoms with Crippen LogP contribution in [0.25, 0.3) is 0 Å². The number of piperidine rings is 1. The van der Waals surface area contributed by atoms with Crippen molar-refractivity contribution < 1.29 is 9.90 Å². The molecule has 2 aromatic rings. The van der Waals surface area contributed by atoms with Gasteiger partial charge in [0.25, 0.3) is 5.91 Å². The number of hydrogen-bond acceptors (Lipinski definition) is 5. The van der Waals surface area contributed by atoms with Crippen LogP contribution in [0.2, 0.25) is 0 Å². The minimum atomic E-state index is -0.403. The summed E-state index contributed by atoms with van der Waals surface area (Å²) < 4.78 is 1.71. The Kier molecular flexibility index (Phi) is 3.91. The smallest absolute Gasteiger partial charge is 0.254 e.